The fourth-order valence-electron chi connectivity index (χ4n) is 2.78. The second-order valence-corrected chi connectivity index (χ2v) is 5.68. The molecule has 0 aliphatic carbocycles. The third kappa shape index (κ3) is 4.42. The summed E-state index contributed by atoms with van der Waals surface area (Å²) in [6, 6.07) is 1.51. The van der Waals surface area contributed by atoms with Gasteiger partial charge in [-0.15, -0.1) is 0 Å². The van der Waals surface area contributed by atoms with E-state index in [9.17, 15) is 0 Å². The van der Waals surface area contributed by atoms with Crippen molar-refractivity contribution in [2.75, 3.05) is 19.6 Å². The molecule has 2 atom stereocenters. The first-order valence-electron chi connectivity index (χ1n) is 7.14. The highest BCUT2D eigenvalue weighted by atomic mass is 15.2. The van der Waals surface area contributed by atoms with Crippen LogP contribution in [-0.4, -0.2) is 36.6 Å². The van der Waals surface area contributed by atoms with Crippen LogP contribution in [0.4, 0.5) is 0 Å². The van der Waals surface area contributed by atoms with Crippen LogP contribution < -0.4 is 5.32 Å². The number of piperazine rings is 1. The lowest BCUT2D eigenvalue weighted by Crippen LogP contribution is -2.57. The number of nitrogens with one attached hydrogen (secondary N) is 1. The van der Waals surface area contributed by atoms with Gasteiger partial charge in [-0.3, -0.25) is 4.90 Å². The van der Waals surface area contributed by atoms with Crippen LogP contribution in [0, 0.1) is 5.92 Å². The lowest BCUT2D eigenvalue weighted by molar-refractivity contribution is 0.106. The van der Waals surface area contributed by atoms with Crippen molar-refractivity contribution in [1.82, 2.24) is 10.2 Å². The van der Waals surface area contributed by atoms with E-state index in [1.54, 1.807) is 0 Å². The second kappa shape index (κ2) is 7.29. The zero-order chi connectivity index (χ0) is 12.0. The third-order valence-corrected chi connectivity index (χ3v) is 3.47. The van der Waals surface area contributed by atoms with Crippen LogP contribution in [0.1, 0.15) is 53.4 Å². The summed E-state index contributed by atoms with van der Waals surface area (Å²) in [5.41, 5.74) is 0. The van der Waals surface area contributed by atoms with Gasteiger partial charge < -0.3 is 5.32 Å². The average Bonchev–Trinajstić information content (AvgIpc) is 2.22. The number of nitrogens with zero attached hydrogens (tertiary/aromatic N) is 1. The smallest absolute Gasteiger partial charge is 0.0221 e. The molecule has 2 heteroatoms. The lowest BCUT2D eigenvalue weighted by Gasteiger charge is -2.41. The van der Waals surface area contributed by atoms with Gasteiger partial charge in [0.15, 0.2) is 0 Å². The molecule has 96 valence electrons. The van der Waals surface area contributed by atoms with Crippen LogP contribution in [0.5, 0.6) is 0 Å². The molecule has 0 bridgehead atoms. The molecule has 0 radical (unpaired) electrons. The van der Waals surface area contributed by atoms with Crippen LogP contribution in [-0.2, 0) is 0 Å². The molecule has 16 heavy (non-hydrogen) atoms. The van der Waals surface area contributed by atoms with Crippen molar-refractivity contribution in [3.05, 3.63) is 0 Å². The van der Waals surface area contributed by atoms with Gasteiger partial charge in [-0.1, -0.05) is 40.5 Å². The molecule has 0 amide bonds. The highest BCUT2D eigenvalue weighted by Gasteiger charge is 2.26. The number of hydrogen-bond acceptors (Lipinski definition) is 2. The zero-order valence-corrected chi connectivity index (χ0v) is 11.6. The first kappa shape index (κ1) is 14.0. The Hall–Kier alpha value is -0.0800. The molecule has 2 nitrogen and oxygen atoms in total. The summed E-state index contributed by atoms with van der Waals surface area (Å²) in [6.07, 6.45) is 5.27. The van der Waals surface area contributed by atoms with Crippen molar-refractivity contribution in [3.63, 3.8) is 0 Å². The van der Waals surface area contributed by atoms with E-state index in [4.69, 9.17) is 0 Å². The Morgan fingerprint density at radius 2 is 1.88 bits per heavy atom. The molecule has 1 aliphatic heterocycles. The van der Waals surface area contributed by atoms with Gasteiger partial charge in [-0.25, -0.2) is 0 Å². The van der Waals surface area contributed by atoms with E-state index in [1.165, 1.54) is 45.3 Å². The molecule has 0 spiro atoms. The summed E-state index contributed by atoms with van der Waals surface area (Å²) in [5, 5.41) is 3.72. The van der Waals surface area contributed by atoms with Gasteiger partial charge in [0.05, 0.1) is 0 Å². The van der Waals surface area contributed by atoms with Crippen molar-refractivity contribution in [1.29, 1.82) is 0 Å². The van der Waals surface area contributed by atoms with Gasteiger partial charge in [0, 0.05) is 31.7 Å². The van der Waals surface area contributed by atoms with Gasteiger partial charge in [0.2, 0.25) is 0 Å². The van der Waals surface area contributed by atoms with Crippen LogP contribution in [0.15, 0.2) is 0 Å². The van der Waals surface area contributed by atoms with E-state index < -0.39 is 0 Å². The summed E-state index contributed by atoms with van der Waals surface area (Å²) in [4.78, 5) is 2.73. The van der Waals surface area contributed by atoms with Crippen LogP contribution in [0.3, 0.4) is 0 Å². The Morgan fingerprint density at radius 1 is 1.19 bits per heavy atom. The Bertz CT molecular complexity index is 180. The Morgan fingerprint density at radius 3 is 2.44 bits per heavy atom. The third-order valence-electron chi connectivity index (χ3n) is 3.47. The number of rotatable bonds is 6. The maximum atomic E-state index is 3.72. The Labute approximate surface area is 102 Å². The largest absolute Gasteiger partial charge is 0.311 e. The van der Waals surface area contributed by atoms with Crippen LogP contribution >= 0.6 is 0 Å². The number of hydrogen-bond donors (Lipinski definition) is 1. The van der Waals surface area contributed by atoms with E-state index in [-0.39, 0.29) is 0 Å². The molecule has 1 aliphatic rings. The fraction of sp³-hybridized carbons (Fsp3) is 1.00. The van der Waals surface area contributed by atoms with Gasteiger partial charge in [0.25, 0.3) is 0 Å². The minimum Gasteiger partial charge on any atom is -0.311 e. The molecular formula is C14H30N2. The molecule has 1 saturated heterocycles. The van der Waals surface area contributed by atoms with Gasteiger partial charge in [-0.05, 0) is 18.8 Å². The predicted octanol–water partition coefficient (Wildman–Crippen LogP) is 2.89. The van der Waals surface area contributed by atoms with Crippen LogP contribution in [0.2, 0.25) is 0 Å². The van der Waals surface area contributed by atoms with E-state index in [0.29, 0.717) is 0 Å². The molecule has 0 aromatic carbocycles. The Kier molecular flexibility index (Phi) is 6.37. The highest BCUT2D eigenvalue weighted by molar-refractivity contribution is 4.86. The van der Waals surface area contributed by atoms with Crippen molar-refractivity contribution < 1.29 is 0 Å². The monoisotopic (exact) mass is 226 g/mol. The van der Waals surface area contributed by atoms with Crippen molar-refractivity contribution >= 4 is 0 Å². The SMILES string of the molecule is CCCC1CN(CC(C)C)C(CCC)CN1. The summed E-state index contributed by atoms with van der Waals surface area (Å²) in [7, 11) is 0. The first-order chi connectivity index (χ1) is 7.67. The Balaban J connectivity index is 2.47. The summed E-state index contributed by atoms with van der Waals surface area (Å²) in [5.74, 6) is 0.791. The van der Waals surface area contributed by atoms with Crippen molar-refractivity contribution in [2.45, 2.75) is 65.5 Å². The van der Waals surface area contributed by atoms with Crippen molar-refractivity contribution in [2.24, 2.45) is 5.92 Å². The topological polar surface area (TPSA) is 15.3 Å². The molecule has 0 saturated carbocycles. The minimum atomic E-state index is 0.733. The standard InChI is InChI=1S/C14H30N2/c1-5-7-13-11-16(10-12(3)4)14(8-6-2)9-15-13/h12-15H,5-11H2,1-4H3. The van der Waals surface area contributed by atoms with Crippen molar-refractivity contribution in [3.8, 4) is 0 Å². The minimum absolute atomic E-state index is 0.733. The maximum Gasteiger partial charge on any atom is 0.0221 e. The summed E-state index contributed by atoms with van der Waals surface area (Å²) >= 11 is 0. The quantitative estimate of drug-likeness (QED) is 0.749. The zero-order valence-electron chi connectivity index (χ0n) is 11.6. The molecule has 1 N–H and O–H groups in total. The molecule has 2 unspecified atom stereocenters. The highest BCUT2D eigenvalue weighted by Crippen LogP contribution is 2.16. The second-order valence-electron chi connectivity index (χ2n) is 5.68. The maximum absolute atomic E-state index is 3.72. The lowest BCUT2D eigenvalue weighted by atomic mass is 10.0. The first-order valence-corrected chi connectivity index (χ1v) is 7.14. The molecule has 1 fully saturated rings. The molecule has 1 heterocycles. The predicted molar refractivity (Wildman–Crippen MR) is 71.8 cm³/mol. The average molecular weight is 226 g/mol. The van der Waals surface area contributed by atoms with Gasteiger partial charge >= 0.3 is 0 Å². The van der Waals surface area contributed by atoms with Crippen LogP contribution in [0.25, 0.3) is 0 Å². The fourth-order valence-corrected chi connectivity index (χ4v) is 2.78. The van der Waals surface area contributed by atoms with E-state index in [2.05, 4.69) is 37.9 Å². The van der Waals surface area contributed by atoms with E-state index in [1.807, 2.05) is 0 Å². The molecule has 0 aromatic rings. The summed E-state index contributed by atoms with van der Waals surface area (Å²) < 4.78 is 0. The van der Waals surface area contributed by atoms with E-state index in [0.717, 1.165) is 18.0 Å². The summed E-state index contributed by atoms with van der Waals surface area (Å²) in [6.45, 7) is 13.0. The van der Waals surface area contributed by atoms with Gasteiger partial charge in [0.1, 0.15) is 0 Å². The molecule has 1 rings (SSSR count). The normalized spacial score (nSPS) is 27.6. The van der Waals surface area contributed by atoms with E-state index >= 15 is 0 Å². The molecular weight excluding hydrogens is 196 g/mol. The molecule has 0 aromatic heterocycles. The van der Waals surface area contributed by atoms with Gasteiger partial charge in [-0.2, -0.15) is 0 Å².